The quantitative estimate of drug-likeness (QED) is 0.0743. The molecule has 2 rings (SSSR count). The summed E-state index contributed by atoms with van der Waals surface area (Å²) in [4.78, 5) is 0.0349. The average Bonchev–Trinajstić information content (AvgIpc) is 3.08. The molecule has 0 aromatic heterocycles. The second-order valence-electron chi connectivity index (χ2n) is 11.4. The van der Waals surface area contributed by atoms with Crippen molar-refractivity contribution in [2.75, 3.05) is 39.5 Å². The van der Waals surface area contributed by atoms with Crippen molar-refractivity contribution in [2.45, 2.75) is 90.9 Å². The summed E-state index contributed by atoms with van der Waals surface area (Å²) < 4.78 is 109. The van der Waals surface area contributed by atoms with Crippen LogP contribution in [0.4, 0.5) is 0 Å². The highest BCUT2D eigenvalue weighted by molar-refractivity contribution is 7.90. The van der Waals surface area contributed by atoms with Crippen LogP contribution in [-0.2, 0) is 47.3 Å². The Morgan fingerprint density at radius 2 is 0.846 bits per heavy atom. The number of aryl methyl sites for hydroxylation is 2. The van der Waals surface area contributed by atoms with E-state index in [1.54, 1.807) is 90.1 Å². The lowest BCUT2D eigenvalue weighted by Gasteiger charge is -2.31. The van der Waals surface area contributed by atoms with Gasteiger partial charge in [0.15, 0.2) is 0 Å². The summed E-state index contributed by atoms with van der Waals surface area (Å²) >= 11 is 0. The monoisotopic (exact) mass is 802 g/mol. The van der Waals surface area contributed by atoms with Crippen LogP contribution in [0.5, 0.6) is 0 Å². The SMILES string of the molecule is CC/C=C(\N(CC/C=C/CCN(/C(=C\CC)P(=O)(OCC)OCC)S(=O)(=O)c1ccc(C)cc1)S(=O)(=O)c1ccc(C)cc1)P(=O)(OCC)OCC. The first-order valence-electron chi connectivity index (χ1n) is 17.6. The Kier molecular flexibility index (Phi) is 18.8. The van der Waals surface area contributed by atoms with Crippen LogP contribution in [0.3, 0.4) is 0 Å². The van der Waals surface area contributed by atoms with Crippen molar-refractivity contribution in [3.8, 4) is 0 Å². The van der Waals surface area contributed by atoms with Crippen LogP contribution in [-0.4, -0.2) is 65.0 Å². The van der Waals surface area contributed by atoms with E-state index < -0.39 is 35.2 Å². The van der Waals surface area contributed by atoms with E-state index in [2.05, 4.69) is 0 Å². The third kappa shape index (κ3) is 12.0. The van der Waals surface area contributed by atoms with Crippen molar-refractivity contribution in [1.29, 1.82) is 0 Å². The zero-order chi connectivity index (χ0) is 39.0. The number of hydrogen-bond donors (Lipinski definition) is 0. The number of hydrogen-bond acceptors (Lipinski definition) is 10. The van der Waals surface area contributed by atoms with Gasteiger partial charge in [0.05, 0.1) is 36.2 Å². The highest BCUT2D eigenvalue weighted by Gasteiger charge is 2.40. The molecule has 2 aromatic rings. The third-order valence-electron chi connectivity index (χ3n) is 7.42. The Bertz CT molecular complexity index is 1670. The van der Waals surface area contributed by atoms with Gasteiger partial charge in [-0.05, 0) is 91.5 Å². The van der Waals surface area contributed by atoms with Gasteiger partial charge >= 0.3 is 15.2 Å². The molecule has 0 bridgehead atoms. The van der Waals surface area contributed by atoms with E-state index in [9.17, 15) is 26.0 Å². The van der Waals surface area contributed by atoms with E-state index in [-0.39, 0.29) is 73.0 Å². The molecule has 0 spiro atoms. The number of allylic oxidation sites excluding steroid dienone is 2. The number of nitrogens with zero attached hydrogens (tertiary/aromatic N) is 2. The fraction of sp³-hybridized carbons (Fsp3) is 0.500. The van der Waals surface area contributed by atoms with E-state index in [4.69, 9.17) is 18.1 Å². The van der Waals surface area contributed by atoms with Gasteiger partial charge in [-0.25, -0.2) is 16.8 Å². The standard InChI is InChI=1S/C36H56N2O10P2S2/c1-9-19-35(49(39,45-11-3)46-12-4)37(51(41,42)33-25-21-31(7)22-26-33)29-17-15-16-18-30-38(52(43,44)34-27-23-32(8)24-28-34)36(20-10-2)50(40,47-13-5)48-14-6/h15-16,19-28H,9-14,17-18,29-30H2,1-8H3/b16-15+,35-19+,36-20+. The topological polar surface area (TPSA) is 146 Å². The summed E-state index contributed by atoms with van der Waals surface area (Å²) in [6, 6.07) is 12.7. The normalized spacial score (nSPS) is 13.5. The van der Waals surface area contributed by atoms with E-state index in [1.807, 2.05) is 13.8 Å². The van der Waals surface area contributed by atoms with Crippen LogP contribution >= 0.6 is 15.2 Å². The Hall–Kier alpha value is -2.54. The van der Waals surface area contributed by atoms with Crippen molar-refractivity contribution in [3.63, 3.8) is 0 Å². The first kappa shape index (κ1) is 45.6. The smallest absolute Gasteiger partial charge is 0.304 e. The molecule has 0 aliphatic carbocycles. The molecule has 0 heterocycles. The van der Waals surface area contributed by atoms with E-state index in [1.165, 1.54) is 24.3 Å². The average molecular weight is 803 g/mol. The summed E-state index contributed by atoms with van der Waals surface area (Å²) in [5.74, 6) is 0. The summed E-state index contributed by atoms with van der Waals surface area (Å²) in [6.07, 6.45) is 7.60. The predicted octanol–water partition coefficient (Wildman–Crippen LogP) is 9.36. The summed E-state index contributed by atoms with van der Waals surface area (Å²) in [5.41, 5.74) is 1.61. The molecule has 0 amide bonds. The van der Waals surface area contributed by atoms with Gasteiger partial charge in [-0.3, -0.25) is 17.7 Å². The van der Waals surface area contributed by atoms with Crippen LogP contribution in [0.25, 0.3) is 0 Å². The lowest BCUT2D eigenvalue weighted by molar-refractivity contribution is 0.219. The molecule has 0 unspecified atom stereocenters. The molecule has 0 aliphatic heterocycles. The molecule has 0 aliphatic rings. The first-order chi connectivity index (χ1) is 24.6. The van der Waals surface area contributed by atoms with Crippen LogP contribution < -0.4 is 0 Å². The highest BCUT2D eigenvalue weighted by Crippen LogP contribution is 2.59. The van der Waals surface area contributed by atoms with Gasteiger partial charge < -0.3 is 18.1 Å². The molecule has 0 atom stereocenters. The highest BCUT2D eigenvalue weighted by atomic mass is 32.2. The third-order valence-corrected chi connectivity index (χ3v) is 15.7. The van der Waals surface area contributed by atoms with E-state index in [0.717, 1.165) is 19.7 Å². The van der Waals surface area contributed by atoms with Crippen molar-refractivity contribution in [1.82, 2.24) is 8.61 Å². The predicted molar refractivity (Wildman–Crippen MR) is 207 cm³/mol. The maximum Gasteiger partial charge on any atom is 0.377 e. The first-order valence-corrected chi connectivity index (χ1v) is 23.6. The molecule has 2 aromatic carbocycles. The maximum atomic E-state index is 14.1. The lowest BCUT2D eigenvalue weighted by Crippen LogP contribution is -2.32. The van der Waals surface area contributed by atoms with Gasteiger partial charge in [-0.1, -0.05) is 73.5 Å². The summed E-state index contributed by atoms with van der Waals surface area (Å²) in [7, 11) is -16.5. The van der Waals surface area contributed by atoms with Gasteiger partial charge in [-0.2, -0.15) is 0 Å². The molecule has 0 saturated heterocycles. The van der Waals surface area contributed by atoms with Gasteiger partial charge in [-0.15, -0.1) is 0 Å². The zero-order valence-corrected chi connectivity index (χ0v) is 35.1. The summed E-state index contributed by atoms with van der Waals surface area (Å²) in [5, 5.41) is 0. The molecular formula is C36H56N2O10P2S2. The number of rotatable bonds is 24. The van der Waals surface area contributed by atoms with Gasteiger partial charge in [0.1, 0.15) is 10.9 Å². The van der Waals surface area contributed by atoms with Crippen LogP contribution in [0.1, 0.15) is 78.4 Å². The van der Waals surface area contributed by atoms with Gasteiger partial charge in [0, 0.05) is 13.1 Å². The maximum absolute atomic E-state index is 14.1. The number of sulfonamides is 2. The Morgan fingerprint density at radius 3 is 1.10 bits per heavy atom. The lowest BCUT2D eigenvalue weighted by atomic mass is 10.2. The van der Waals surface area contributed by atoms with E-state index in [0.29, 0.717) is 12.8 Å². The molecule has 0 fully saturated rings. The van der Waals surface area contributed by atoms with Crippen molar-refractivity contribution >= 4 is 35.2 Å². The Morgan fingerprint density at radius 1 is 0.558 bits per heavy atom. The minimum absolute atomic E-state index is 0.0175. The van der Waals surface area contributed by atoms with Crippen molar-refractivity contribution in [2.24, 2.45) is 0 Å². The molecule has 0 N–H and O–H groups in total. The second-order valence-corrected chi connectivity index (χ2v) is 19.1. The fourth-order valence-electron chi connectivity index (χ4n) is 5.09. The fourth-order valence-corrected chi connectivity index (χ4v) is 12.7. The Labute approximate surface area is 312 Å². The van der Waals surface area contributed by atoms with Gasteiger partial charge in [0.2, 0.25) is 0 Å². The second kappa shape index (κ2) is 21.4. The summed E-state index contributed by atoms with van der Waals surface area (Å²) in [6.45, 7) is 13.8. The largest absolute Gasteiger partial charge is 0.377 e. The van der Waals surface area contributed by atoms with Crippen LogP contribution in [0.15, 0.2) is 93.5 Å². The zero-order valence-electron chi connectivity index (χ0n) is 31.7. The van der Waals surface area contributed by atoms with E-state index >= 15 is 0 Å². The minimum atomic E-state index is -4.22. The molecule has 292 valence electrons. The molecule has 16 heteroatoms. The van der Waals surface area contributed by atoms with Crippen LogP contribution in [0, 0.1) is 13.8 Å². The van der Waals surface area contributed by atoms with Gasteiger partial charge in [0.25, 0.3) is 20.0 Å². The molecule has 52 heavy (non-hydrogen) atoms. The minimum Gasteiger partial charge on any atom is -0.304 e. The Balaban J connectivity index is 2.53. The molecular weight excluding hydrogens is 746 g/mol. The molecule has 0 saturated carbocycles. The number of benzene rings is 2. The molecule has 0 radical (unpaired) electrons. The van der Waals surface area contributed by atoms with Crippen LogP contribution in [0.2, 0.25) is 0 Å². The van der Waals surface area contributed by atoms with Crippen molar-refractivity contribution in [3.05, 3.63) is 94.8 Å². The van der Waals surface area contributed by atoms with Crippen molar-refractivity contribution < 1.29 is 44.1 Å². The molecule has 12 nitrogen and oxygen atoms in total.